The van der Waals surface area contributed by atoms with Gasteiger partial charge in [0.05, 0.1) is 5.56 Å². The van der Waals surface area contributed by atoms with Crippen LogP contribution in [0.3, 0.4) is 0 Å². The fourth-order valence-electron chi connectivity index (χ4n) is 2.98. The number of hydrogen-bond acceptors (Lipinski definition) is 7. The van der Waals surface area contributed by atoms with E-state index in [2.05, 4.69) is 16.9 Å². The molecule has 1 aromatic heterocycles. The Morgan fingerprint density at radius 1 is 0.939 bits per heavy atom. The summed E-state index contributed by atoms with van der Waals surface area (Å²) < 4.78 is 10.5. The Labute approximate surface area is 198 Å². The third-order valence-electron chi connectivity index (χ3n) is 4.90. The smallest absolute Gasteiger partial charge is 0.347 e. The Balaban J connectivity index is 1.50. The topological polar surface area (TPSA) is 78.4 Å². The normalized spacial score (nSPS) is 11.6. The van der Waals surface area contributed by atoms with Crippen molar-refractivity contribution in [2.24, 2.45) is 0 Å². The average molecular weight is 465 g/mol. The first kappa shape index (κ1) is 24.5. The minimum Gasteiger partial charge on any atom is -0.458 e. The predicted molar refractivity (Wildman–Crippen MR) is 129 cm³/mol. The summed E-state index contributed by atoms with van der Waals surface area (Å²) in [5.41, 5.74) is 2.98. The first-order chi connectivity index (χ1) is 16.1. The van der Waals surface area contributed by atoms with E-state index < -0.39 is 18.0 Å². The highest BCUT2D eigenvalue weighted by Crippen LogP contribution is 2.21. The Kier molecular flexibility index (Phi) is 9.44. The van der Waals surface area contributed by atoms with Gasteiger partial charge in [-0.1, -0.05) is 74.0 Å². The molecule has 0 amide bonds. The van der Waals surface area contributed by atoms with E-state index in [9.17, 15) is 9.59 Å². The standard InChI is InChI=1S/C26H28N2O4S/c1-3-4-8-15-33-26-27-16-23(17-28-26)21-11-13-22(14-12-21)25(30)32-19(2)24(29)31-18-20-9-6-5-7-10-20/h5-7,9-14,16-17,19H,3-4,8,15,18H2,1-2H3/t19-/m0/s1. The number of aromatic nitrogens is 2. The molecule has 0 N–H and O–H groups in total. The lowest BCUT2D eigenvalue weighted by atomic mass is 10.1. The summed E-state index contributed by atoms with van der Waals surface area (Å²) in [6.45, 7) is 3.82. The van der Waals surface area contributed by atoms with Crippen LogP contribution in [0.15, 0.2) is 72.1 Å². The van der Waals surface area contributed by atoms with Crippen molar-refractivity contribution in [3.63, 3.8) is 0 Å². The lowest BCUT2D eigenvalue weighted by Gasteiger charge is -2.13. The zero-order chi connectivity index (χ0) is 23.5. The maximum atomic E-state index is 12.4. The molecule has 0 unspecified atom stereocenters. The van der Waals surface area contributed by atoms with Crippen molar-refractivity contribution in [2.45, 2.75) is 51.0 Å². The van der Waals surface area contributed by atoms with Gasteiger partial charge < -0.3 is 9.47 Å². The zero-order valence-corrected chi connectivity index (χ0v) is 19.7. The Morgan fingerprint density at radius 3 is 2.30 bits per heavy atom. The van der Waals surface area contributed by atoms with Crippen LogP contribution < -0.4 is 0 Å². The van der Waals surface area contributed by atoms with Crippen LogP contribution >= 0.6 is 11.8 Å². The molecule has 1 heterocycles. The van der Waals surface area contributed by atoms with Gasteiger partial charge in [0.25, 0.3) is 0 Å². The molecule has 6 nitrogen and oxygen atoms in total. The van der Waals surface area contributed by atoms with E-state index in [1.807, 2.05) is 42.5 Å². The number of unbranched alkanes of at least 4 members (excludes halogenated alkanes) is 2. The van der Waals surface area contributed by atoms with Gasteiger partial charge in [0.2, 0.25) is 0 Å². The Bertz CT molecular complexity index is 1020. The molecule has 0 saturated carbocycles. The number of carbonyl (C=O) groups is 2. The van der Waals surface area contributed by atoms with Gasteiger partial charge in [-0.2, -0.15) is 0 Å². The predicted octanol–water partition coefficient (Wildman–Crippen LogP) is 5.71. The van der Waals surface area contributed by atoms with Crippen molar-refractivity contribution in [1.29, 1.82) is 0 Å². The third kappa shape index (κ3) is 7.71. The molecule has 3 aromatic rings. The first-order valence-corrected chi connectivity index (χ1v) is 12.0. The van der Waals surface area contributed by atoms with Gasteiger partial charge in [-0.25, -0.2) is 19.6 Å². The second-order valence-corrected chi connectivity index (χ2v) is 8.59. The minimum atomic E-state index is -1.00. The number of esters is 2. The van der Waals surface area contributed by atoms with E-state index in [-0.39, 0.29) is 6.61 Å². The Morgan fingerprint density at radius 2 is 1.64 bits per heavy atom. The molecule has 0 radical (unpaired) electrons. The minimum absolute atomic E-state index is 0.133. The molecule has 0 aliphatic heterocycles. The van der Waals surface area contributed by atoms with Crippen LogP contribution in [0.5, 0.6) is 0 Å². The highest BCUT2D eigenvalue weighted by atomic mass is 32.2. The van der Waals surface area contributed by atoms with E-state index >= 15 is 0 Å². The van der Waals surface area contributed by atoms with Crippen molar-refractivity contribution in [3.8, 4) is 11.1 Å². The van der Waals surface area contributed by atoms with E-state index in [0.29, 0.717) is 5.56 Å². The van der Waals surface area contributed by atoms with Gasteiger partial charge in [-0.3, -0.25) is 0 Å². The van der Waals surface area contributed by atoms with Crippen molar-refractivity contribution in [3.05, 3.63) is 78.1 Å². The summed E-state index contributed by atoms with van der Waals surface area (Å²) in [5.74, 6) is -0.156. The van der Waals surface area contributed by atoms with Gasteiger partial charge in [-0.15, -0.1) is 0 Å². The van der Waals surface area contributed by atoms with Crippen LogP contribution in [0.25, 0.3) is 11.1 Å². The molecule has 1 atom stereocenters. The Hall–Kier alpha value is -3.19. The molecule has 0 aliphatic rings. The molecule has 7 heteroatoms. The molecule has 0 aliphatic carbocycles. The number of hydrogen-bond donors (Lipinski definition) is 0. The number of ether oxygens (including phenoxy) is 2. The highest BCUT2D eigenvalue weighted by Gasteiger charge is 2.20. The van der Waals surface area contributed by atoms with Crippen molar-refractivity contribution >= 4 is 23.7 Å². The summed E-state index contributed by atoms with van der Waals surface area (Å²) in [7, 11) is 0. The number of thioether (sulfide) groups is 1. The second kappa shape index (κ2) is 12.7. The van der Waals surface area contributed by atoms with Gasteiger partial charge >= 0.3 is 11.9 Å². The molecule has 0 bridgehead atoms. The monoisotopic (exact) mass is 464 g/mol. The van der Waals surface area contributed by atoms with Crippen molar-refractivity contribution in [2.75, 3.05) is 5.75 Å². The van der Waals surface area contributed by atoms with Crippen LogP contribution in [-0.2, 0) is 20.9 Å². The lowest BCUT2D eigenvalue weighted by Crippen LogP contribution is -2.26. The summed E-state index contributed by atoms with van der Waals surface area (Å²) in [4.78, 5) is 33.4. The molecule has 0 saturated heterocycles. The van der Waals surface area contributed by atoms with Gasteiger partial charge in [0.1, 0.15) is 6.61 Å². The molecular weight excluding hydrogens is 436 g/mol. The fraction of sp³-hybridized carbons (Fsp3) is 0.308. The van der Waals surface area contributed by atoms with Crippen molar-refractivity contribution < 1.29 is 19.1 Å². The summed E-state index contributed by atoms with van der Waals surface area (Å²) in [6, 6.07) is 16.3. The van der Waals surface area contributed by atoms with E-state index in [4.69, 9.17) is 9.47 Å². The molecule has 3 rings (SSSR count). The van der Waals surface area contributed by atoms with Gasteiger partial charge in [0, 0.05) is 23.7 Å². The molecule has 0 spiro atoms. The van der Waals surface area contributed by atoms with E-state index in [1.165, 1.54) is 19.8 Å². The summed E-state index contributed by atoms with van der Waals surface area (Å²) in [5, 5.41) is 0.767. The van der Waals surface area contributed by atoms with Crippen LogP contribution in [0.1, 0.15) is 49.0 Å². The fourth-order valence-corrected chi connectivity index (χ4v) is 3.76. The van der Waals surface area contributed by atoms with Crippen LogP contribution in [0.4, 0.5) is 0 Å². The van der Waals surface area contributed by atoms with Crippen LogP contribution in [0.2, 0.25) is 0 Å². The number of carbonyl (C=O) groups excluding carboxylic acids is 2. The number of benzene rings is 2. The summed E-state index contributed by atoms with van der Waals surface area (Å²) >= 11 is 1.66. The maximum Gasteiger partial charge on any atom is 0.347 e. The van der Waals surface area contributed by atoms with Gasteiger partial charge in [0.15, 0.2) is 11.3 Å². The average Bonchev–Trinajstić information content (AvgIpc) is 2.86. The zero-order valence-electron chi connectivity index (χ0n) is 18.9. The molecule has 0 fully saturated rings. The molecule has 33 heavy (non-hydrogen) atoms. The van der Waals surface area contributed by atoms with Crippen LogP contribution in [0, 0.1) is 0 Å². The maximum absolute atomic E-state index is 12.4. The SMILES string of the molecule is CCCCCSc1ncc(-c2ccc(C(=O)O[C@@H](C)C(=O)OCc3ccccc3)cc2)cn1. The van der Waals surface area contributed by atoms with Crippen molar-refractivity contribution in [1.82, 2.24) is 9.97 Å². The summed E-state index contributed by atoms with van der Waals surface area (Å²) in [6.07, 6.45) is 6.14. The number of nitrogens with zero attached hydrogens (tertiary/aromatic N) is 2. The van der Waals surface area contributed by atoms with Gasteiger partial charge in [-0.05, 0) is 36.6 Å². The molecule has 172 valence electrons. The largest absolute Gasteiger partial charge is 0.458 e. The quantitative estimate of drug-likeness (QED) is 0.156. The number of rotatable bonds is 11. The van der Waals surface area contributed by atoms with E-state index in [0.717, 1.165) is 34.0 Å². The molecule has 2 aromatic carbocycles. The van der Waals surface area contributed by atoms with Crippen LogP contribution in [-0.4, -0.2) is 33.8 Å². The highest BCUT2D eigenvalue weighted by molar-refractivity contribution is 7.99. The first-order valence-electron chi connectivity index (χ1n) is 11.0. The third-order valence-corrected chi connectivity index (χ3v) is 5.86. The second-order valence-electron chi connectivity index (χ2n) is 7.53. The molecular formula is C26H28N2O4S. The lowest BCUT2D eigenvalue weighted by molar-refractivity contribution is -0.154. The van der Waals surface area contributed by atoms with E-state index in [1.54, 1.807) is 36.3 Å².